The Hall–Kier alpha value is -4.55. The molecule has 0 aromatic heterocycles. The van der Waals surface area contributed by atoms with E-state index in [1.165, 1.54) is 48.5 Å². The molecule has 0 aliphatic carbocycles. The highest BCUT2D eigenvalue weighted by atomic mass is 16.6. The highest BCUT2D eigenvalue weighted by molar-refractivity contribution is 5.90. The van der Waals surface area contributed by atoms with Crippen molar-refractivity contribution in [2.75, 3.05) is 7.11 Å². The molecule has 0 heterocycles. The molecule has 198 valence electrons. The molecule has 0 saturated carbocycles. The van der Waals surface area contributed by atoms with Crippen molar-refractivity contribution in [2.24, 2.45) is 0 Å². The molecule has 2 amide bonds. The van der Waals surface area contributed by atoms with Crippen molar-refractivity contribution in [1.82, 2.24) is 10.6 Å². The lowest BCUT2D eigenvalue weighted by Gasteiger charge is -2.25. The SMILES string of the molecule is COC(=O)[C@H](Cc1ccc([N+](=O)[O-])cc1)NC(=O)[C@H](Cc1ccc([N+](=O)[O-])cc1)NC(=O)OC(C)(C)C. The zero-order valence-corrected chi connectivity index (χ0v) is 20.8. The third-order valence-electron chi connectivity index (χ3n) is 4.98. The largest absolute Gasteiger partial charge is 0.467 e. The van der Waals surface area contributed by atoms with E-state index in [-0.39, 0.29) is 24.2 Å². The van der Waals surface area contributed by atoms with Gasteiger partial charge in [0.25, 0.3) is 11.4 Å². The smallest absolute Gasteiger partial charge is 0.408 e. The summed E-state index contributed by atoms with van der Waals surface area (Å²) in [5.74, 6) is -1.50. The molecule has 37 heavy (non-hydrogen) atoms. The standard InChI is InChI=1S/C24H28N4O9/c1-24(2,3)37-23(31)26-19(13-15-5-9-17(10-6-15)27(32)33)21(29)25-20(22(30)36-4)14-16-7-11-18(12-8-16)28(34)35/h5-12,19-20H,13-14H2,1-4H3,(H,25,29)(H,26,31)/t19-,20-/m0/s1. The van der Waals surface area contributed by atoms with Gasteiger partial charge in [-0.05, 0) is 31.9 Å². The number of carbonyl (C=O) groups excluding carboxylic acids is 3. The van der Waals surface area contributed by atoms with Gasteiger partial charge in [0.1, 0.15) is 17.7 Å². The zero-order chi connectivity index (χ0) is 27.8. The molecule has 0 saturated heterocycles. The van der Waals surface area contributed by atoms with Crippen LogP contribution in [0.4, 0.5) is 16.2 Å². The highest BCUT2D eigenvalue weighted by Crippen LogP contribution is 2.16. The highest BCUT2D eigenvalue weighted by Gasteiger charge is 2.29. The van der Waals surface area contributed by atoms with E-state index in [2.05, 4.69) is 10.6 Å². The van der Waals surface area contributed by atoms with Crippen molar-refractivity contribution in [3.8, 4) is 0 Å². The lowest BCUT2D eigenvalue weighted by atomic mass is 10.0. The molecule has 0 spiro atoms. The third kappa shape index (κ3) is 9.20. The Morgan fingerprint density at radius 1 is 0.811 bits per heavy atom. The van der Waals surface area contributed by atoms with E-state index >= 15 is 0 Å². The lowest BCUT2D eigenvalue weighted by molar-refractivity contribution is -0.385. The number of nitro groups is 2. The van der Waals surface area contributed by atoms with E-state index in [0.29, 0.717) is 11.1 Å². The van der Waals surface area contributed by atoms with Crippen LogP contribution in [0.1, 0.15) is 31.9 Å². The first-order chi connectivity index (χ1) is 17.3. The first kappa shape index (κ1) is 28.7. The van der Waals surface area contributed by atoms with E-state index < -0.39 is 45.5 Å². The van der Waals surface area contributed by atoms with Crippen LogP contribution in [-0.2, 0) is 31.9 Å². The molecule has 2 atom stereocenters. The minimum atomic E-state index is -1.21. The van der Waals surface area contributed by atoms with Crippen molar-refractivity contribution < 1.29 is 33.7 Å². The molecule has 0 radical (unpaired) electrons. The first-order valence-electron chi connectivity index (χ1n) is 11.1. The van der Waals surface area contributed by atoms with Gasteiger partial charge in [0, 0.05) is 37.1 Å². The fourth-order valence-corrected chi connectivity index (χ4v) is 3.25. The molecule has 2 N–H and O–H groups in total. The average molecular weight is 517 g/mol. The Kier molecular flexibility index (Phi) is 9.63. The van der Waals surface area contributed by atoms with Crippen LogP contribution in [-0.4, -0.2) is 52.6 Å². The van der Waals surface area contributed by atoms with Gasteiger partial charge in [-0.2, -0.15) is 0 Å². The maximum absolute atomic E-state index is 13.2. The molecule has 0 fully saturated rings. The third-order valence-corrected chi connectivity index (χ3v) is 4.98. The number of alkyl carbamates (subject to hydrolysis) is 1. The fourth-order valence-electron chi connectivity index (χ4n) is 3.25. The number of hydrogen-bond acceptors (Lipinski definition) is 9. The van der Waals surface area contributed by atoms with Gasteiger partial charge in [0.05, 0.1) is 17.0 Å². The van der Waals surface area contributed by atoms with E-state index in [1.807, 2.05) is 0 Å². The Labute approximate surface area is 212 Å². The number of ether oxygens (including phenoxy) is 2. The number of esters is 1. The zero-order valence-electron chi connectivity index (χ0n) is 20.8. The number of rotatable bonds is 10. The summed E-state index contributed by atoms with van der Waals surface area (Å²) in [6, 6.07) is 8.50. The van der Waals surface area contributed by atoms with Crippen LogP contribution in [0.15, 0.2) is 48.5 Å². The summed E-state index contributed by atoms with van der Waals surface area (Å²) in [6.07, 6.45) is -0.971. The van der Waals surface area contributed by atoms with Crippen molar-refractivity contribution in [2.45, 2.75) is 51.3 Å². The van der Waals surface area contributed by atoms with Gasteiger partial charge in [0.15, 0.2) is 0 Å². The van der Waals surface area contributed by atoms with E-state index in [9.17, 15) is 34.6 Å². The van der Waals surface area contributed by atoms with E-state index in [4.69, 9.17) is 9.47 Å². The minimum Gasteiger partial charge on any atom is -0.467 e. The lowest BCUT2D eigenvalue weighted by Crippen LogP contribution is -2.53. The van der Waals surface area contributed by atoms with Crippen LogP contribution < -0.4 is 10.6 Å². The van der Waals surface area contributed by atoms with E-state index in [1.54, 1.807) is 20.8 Å². The minimum absolute atomic E-state index is 0.0346. The van der Waals surface area contributed by atoms with Crippen molar-refractivity contribution in [3.05, 3.63) is 79.9 Å². The van der Waals surface area contributed by atoms with Crippen LogP contribution in [0, 0.1) is 20.2 Å². The summed E-state index contributed by atoms with van der Waals surface area (Å²) < 4.78 is 10.0. The van der Waals surface area contributed by atoms with Crippen LogP contribution in [0.2, 0.25) is 0 Å². The summed E-state index contributed by atoms with van der Waals surface area (Å²) in [5.41, 5.74) is -0.0888. The maximum atomic E-state index is 13.2. The van der Waals surface area contributed by atoms with Gasteiger partial charge in [-0.25, -0.2) is 9.59 Å². The Bertz CT molecular complexity index is 1140. The molecular formula is C24H28N4O9. The molecular weight excluding hydrogens is 488 g/mol. The average Bonchev–Trinajstić information content (AvgIpc) is 2.82. The molecule has 0 bridgehead atoms. The summed E-state index contributed by atoms with van der Waals surface area (Å²) in [4.78, 5) is 58.7. The number of amides is 2. The fraction of sp³-hybridized carbons (Fsp3) is 0.375. The van der Waals surface area contributed by atoms with Crippen molar-refractivity contribution in [1.29, 1.82) is 0 Å². The number of methoxy groups -OCH3 is 1. The maximum Gasteiger partial charge on any atom is 0.408 e. The Morgan fingerprint density at radius 3 is 1.62 bits per heavy atom. The monoisotopic (exact) mass is 516 g/mol. The number of benzene rings is 2. The molecule has 13 heteroatoms. The predicted octanol–water partition coefficient (Wildman–Crippen LogP) is 2.84. The van der Waals surface area contributed by atoms with Crippen LogP contribution >= 0.6 is 0 Å². The number of nitrogens with one attached hydrogen (secondary N) is 2. The summed E-state index contributed by atoms with van der Waals surface area (Å²) in [6.45, 7) is 4.94. The van der Waals surface area contributed by atoms with Gasteiger partial charge in [-0.15, -0.1) is 0 Å². The first-order valence-corrected chi connectivity index (χ1v) is 11.1. The van der Waals surface area contributed by atoms with E-state index in [0.717, 1.165) is 7.11 Å². The number of non-ortho nitro benzene ring substituents is 2. The predicted molar refractivity (Wildman–Crippen MR) is 131 cm³/mol. The summed E-state index contributed by atoms with van der Waals surface area (Å²) in [7, 11) is 1.14. The second-order valence-corrected chi connectivity index (χ2v) is 9.04. The summed E-state index contributed by atoms with van der Waals surface area (Å²) in [5, 5.41) is 26.8. The Morgan fingerprint density at radius 2 is 1.24 bits per heavy atom. The Balaban J connectivity index is 2.25. The molecule has 0 unspecified atom stereocenters. The topological polar surface area (TPSA) is 180 Å². The number of hydrogen-bond donors (Lipinski definition) is 2. The van der Waals surface area contributed by atoms with Gasteiger partial charge >= 0.3 is 12.1 Å². The van der Waals surface area contributed by atoms with Crippen molar-refractivity contribution >= 4 is 29.3 Å². The molecule has 2 rings (SSSR count). The molecule has 0 aliphatic rings. The quantitative estimate of drug-likeness (QED) is 0.273. The normalized spacial score (nSPS) is 12.5. The summed E-state index contributed by atoms with van der Waals surface area (Å²) >= 11 is 0. The molecule has 2 aromatic rings. The van der Waals surface area contributed by atoms with Gasteiger partial charge in [0.2, 0.25) is 5.91 Å². The second-order valence-electron chi connectivity index (χ2n) is 9.04. The van der Waals surface area contributed by atoms with Gasteiger partial charge < -0.3 is 20.1 Å². The number of carbonyl (C=O) groups is 3. The van der Waals surface area contributed by atoms with Gasteiger partial charge in [-0.3, -0.25) is 25.0 Å². The van der Waals surface area contributed by atoms with Crippen LogP contribution in [0.5, 0.6) is 0 Å². The van der Waals surface area contributed by atoms with Gasteiger partial charge in [-0.1, -0.05) is 24.3 Å². The van der Waals surface area contributed by atoms with Crippen LogP contribution in [0.3, 0.4) is 0 Å². The number of nitro benzene ring substituents is 2. The molecule has 2 aromatic carbocycles. The second kappa shape index (κ2) is 12.4. The number of nitrogens with zero attached hydrogens (tertiary/aromatic N) is 2. The van der Waals surface area contributed by atoms with Crippen molar-refractivity contribution in [3.63, 3.8) is 0 Å². The molecule has 13 nitrogen and oxygen atoms in total. The van der Waals surface area contributed by atoms with Crippen LogP contribution in [0.25, 0.3) is 0 Å². The molecule has 0 aliphatic heterocycles.